The van der Waals surface area contributed by atoms with Gasteiger partial charge in [0.15, 0.2) is 0 Å². The number of nitrogens with zero attached hydrogens (tertiary/aromatic N) is 3. The number of benzene rings is 2. The Morgan fingerprint density at radius 3 is 1.73 bits per heavy atom. The van der Waals surface area contributed by atoms with Crippen molar-refractivity contribution in [3.05, 3.63) is 48.5 Å². The summed E-state index contributed by atoms with van der Waals surface area (Å²) in [5.41, 5.74) is 20.2. The minimum absolute atomic E-state index is 0.410. The molecule has 0 atom stereocenters. The molecule has 0 fully saturated rings. The third kappa shape index (κ3) is 6.78. The van der Waals surface area contributed by atoms with E-state index in [2.05, 4.69) is 30.9 Å². The number of nitrogen functional groups attached to an aromatic ring is 2. The topological polar surface area (TPSA) is 153 Å². The van der Waals surface area contributed by atoms with Gasteiger partial charge in [0.25, 0.3) is 0 Å². The molecule has 9 nitrogen and oxygen atoms in total. The second kappa shape index (κ2) is 10.8. The summed E-state index contributed by atoms with van der Waals surface area (Å²) in [6.45, 7) is 1.50. The van der Waals surface area contributed by atoms with Crippen LogP contribution in [0.3, 0.4) is 0 Å². The van der Waals surface area contributed by atoms with Crippen LogP contribution in [0, 0.1) is 0 Å². The molecule has 9 N–H and O–H groups in total. The van der Waals surface area contributed by atoms with E-state index in [0.29, 0.717) is 29.2 Å². The minimum Gasteiger partial charge on any atom is -0.399 e. The zero-order valence-electron chi connectivity index (χ0n) is 16.9. The van der Waals surface area contributed by atoms with Crippen LogP contribution < -0.4 is 33.2 Å². The lowest BCUT2D eigenvalue weighted by Gasteiger charge is -2.12. The van der Waals surface area contributed by atoms with Gasteiger partial charge < -0.3 is 33.2 Å². The number of rotatable bonds is 11. The van der Waals surface area contributed by atoms with Crippen molar-refractivity contribution >= 4 is 40.6 Å². The lowest BCUT2D eigenvalue weighted by atomic mass is 10.2. The fourth-order valence-electron chi connectivity index (χ4n) is 2.88. The molecule has 0 saturated heterocycles. The highest BCUT2D eigenvalue weighted by Gasteiger charge is 2.08. The number of unbranched alkanes of at least 4 members (excludes halogenated alkanes) is 3. The monoisotopic (exact) mass is 407 g/mol. The minimum atomic E-state index is 0.410. The number of anilines is 7. The zero-order chi connectivity index (χ0) is 21.2. The van der Waals surface area contributed by atoms with E-state index in [1.165, 1.54) is 0 Å². The first-order valence-electron chi connectivity index (χ1n) is 10.1. The molecule has 158 valence electrons. The van der Waals surface area contributed by atoms with E-state index < -0.39 is 0 Å². The quantitative estimate of drug-likeness (QED) is 0.207. The van der Waals surface area contributed by atoms with Gasteiger partial charge in [0.05, 0.1) is 0 Å². The predicted octanol–water partition coefficient (Wildman–Crippen LogP) is 3.45. The highest BCUT2D eigenvalue weighted by atomic mass is 15.3. The van der Waals surface area contributed by atoms with Crippen molar-refractivity contribution in [1.82, 2.24) is 15.0 Å². The standard InChI is InChI=1S/C21H29N9/c22-11-3-1-2-4-12-25-19-28-20(26-17-9-5-7-15(23)13-17)30-21(29-19)27-18-10-6-8-16(24)14-18/h5-10,13-14H,1-4,11-12,22-24H2,(H3,25,26,27,28,29,30). The lowest BCUT2D eigenvalue weighted by molar-refractivity contribution is 0.660. The fraction of sp³-hybridized carbons (Fsp3) is 0.286. The third-order valence-electron chi connectivity index (χ3n) is 4.33. The Kier molecular flexibility index (Phi) is 7.62. The molecule has 0 unspecified atom stereocenters. The molecule has 0 radical (unpaired) electrons. The summed E-state index contributed by atoms with van der Waals surface area (Å²) in [5, 5.41) is 9.63. The second-order valence-electron chi connectivity index (χ2n) is 6.94. The van der Waals surface area contributed by atoms with Crippen LogP contribution >= 0.6 is 0 Å². The molecule has 2 aromatic carbocycles. The number of nitrogens with one attached hydrogen (secondary N) is 3. The van der Waals surface area contributed by atoms with Crippen molar-refractivity contribution in [2.45, 2.75) is 25.7 Å². The Morgan fingerprint density at radius 1 is 0.667 bits per heavy atom. The molecule has 3 aromatic rings. The highest BCUT2D eigenvalue weighted by molar-refractivity contribution is 5.63. The van der Waals surface area contributed by atoms with Gasteiger partial charge in [0.2, 0.25) is 17.8 Å². The number of hydrogen-bond acceptors (Lipinski definition) is 9. The Labute approximate surface area is 176 Å². The van der Waals surface area contributed by atoms with E-state index in [1.807, 2.05) is 48.5 Å². The van der Waals surface area contributed by atoms with Crippen LogP contribution in [0.2, 0.25) is 0 Å². The smallest absolute Gasteiger partial charge is 0.233 e. The van der Waals surface area contributed by atoms with Gasteiger partial charge in [-0.15, -0.1) is 0 Å². The van der Waals surface area contributed by atoms with E-state index in [4.69, 9.17) is 17.2 Å². The van der Waals surface area contributed by atoms with Gasteiger partial charge >= 0.3 is 0 Å². The SMILES string of the molecule is NCCCCCCNc1nc(Nc2cccc(N)c2)nc(Nc2cccc(N)c2)n1. The summed E-state index contributed by atoms with van der Waals surface area (Å²) >= 11 is 0. The predicted molar refractivity (Wildman–Crippen MR) is 124 cm³/mol. The maximum atomic E-state index is 5.87. The van der Waals surface area contributed by atoms with E-state index in [1.54, 1.807) is 0 Å². The van der Waals surface area contributed by atoms with Crippen LogP contribution in [0.15, 0.2) is 48.5 Å². The third-order valence-corrected chi connectivity index (χ3v) is 4.33. The second-order valence-corrected chi connectivity index (χ2v) is 6.94. The van der Waals surface area contributed by atoms with Crippen LogP contribution in [0.1, 0.15) is 25.7 Å². The normalized spacial score (nSPS) is 10.6. The van der Waals surface area contributed by atoms with Gasteiger partial charge in [0, 0.05) is 29.3 Å². The Balaban J connectivity index is 1.74. The zero-order valence-corrected chi connectivity index (χ0v) is 16.9. The summed E-state index contributed by atoms with van der Waals surface area (Å²) in [6.07, 6.45) is 4.30. The Hall–Kier alpha value is -3.59. The van der Waals surface area contributed by atoms with Crippen molar-refractivity contribution in [1.29, 1.82) is 0 Å². The molecule has 0 aliphatic heterocycles. The van der Waals surface area contributed by atoms with Crippen LogP contribution in [0.4, 0.5) is 40.6 Å². The molecule has 0 aliphatic carbocycles. The van der Waals surface area contributed by atoms with E-state index in [9.17, 15) is 0 Å². The summed E-state index contributed by atoms with van der Waals surface area (Å²) in [4.78, 5) is 13.4. The van der Waals surface area contributed by atoms with Crippen LogP contribution in [-0.2, 0) is 0 Å². The summed E-state index contributed by atoms with van der Waals surface area (Å²) < 4.78 is 0. The van der Waals surface area contributed by atoms with Crippen molar-refractivity contribution in [3.63, 3.8) is 0 Å². The molecule has 0 aliphatic rings. The number of aromatic nitrogens is 3. The van der Waals surface area contributed by atoms with Crippen molar-refractivity contribution in [2.24, 2.45) is 5.73 Å². The molecule has 0 saturated carbocycles. The summed E-state index contributed by atoms with van der Waals surface area (Å²) in [7, 11) is 0. The largest absolute Gasteiger partial charge is 0.399 e. The molecule has 9 heteroatoms. The Morgan fingerprint density at radius 2 is 1.20 bits per heavy atom. The first kappa shape index (κ1) is 21.1. The number of nitrogens with two attached hydrogens (primary N) is 3. The molecule has 1 aromatic heterocycles. The Bertz CT molecular complexity index is 880. The van der Waals surface area contributed by atoms with Gasteiger partial charge in [-0.05, 0) is 55.8 Å². The summed E-state index contributed by atoms with van der Waals surface area (Å²) in [5.74, 6) is 1.31. The lowest BCUT2D eigenvalue weighted by Crippen LogP contribution is -2.11. The van der Waals surface area contributed by atoms with Crippen LogP contribution in [-0.4, -0.2) is 28.0 Å². The average molecular weight is 408 g/mol. The van der Waals surface area contributed by atoms with Gasteiger partial charge in [0.1, 0.15) is 0 Å². The maximum Gasteiger partial charge on any atom is 0.233 e. The van der Waals surface area contributed by atoms with Gasteiger partial charge in [-0.25, -0.2) is 0 Å². The molecular weight excluding hydrogens is 378 g/mol. The molecule has 3 rings (SSSR count). The maximum absolute atomic E-state index is 5.87. The van der Waals surface area contributed by atoms with Crippen LogP contribution in [0.5, 0.6) is 0 Å². The molecule has 1 heterocycles. The van der Waals surface area contributed by atoms with E-state index in [-0.39, 0.29) is 0 Å². The first-order chi connectivity index (χ1) is 14.6. The first-order valence-corrected chi connectivity index (χ1v) is 10.1. The van der Waals surface area contributed by atoms with Crippen molar-refractivity contribution in [3.8, 4) is 0 Å². The van der Waals surface area contributed by atoms with Gasteiger partial charge in [-0.2, -0.15) is 15.0 Å². The average Bonchev–Trinajstić information content (AvgIpc) is 2.70. The van der Waals surface area contributed by atoms with E-state index >= 15 is 0 Å². The molecular formula is C21H29N9. The van der Waals surface area contributed by atoms with Crippen molar-refractivity contribution in [2.75, 3.05) is 40.5 Å². The van der Waals surface area contributed by atoms with Gasteiger partial charge in [-0.3, -0.25) is 0 Å². The fourth-order valence-corrected chi connectivity index (χ4v) is 2.88. The molecule has 0 spiro atoms. The molecule has 0 bridgehead atoms. The van der Waals surface area contributed by atoms with Crippen molar-refractivity contribution < 1.29 is 0 Å². The van der Waals surface area contributed by atoms with E-state index in [0.717, 1.165) is 50.1 Å². The summed E-state index contributed by atoms with van der Waals surface area (Å²) in [6, 6.07) is 14.8. The highest BCUT2D eigenvalue weighted by Crippen LogP contribution is 2.21. The molecule has 30 heavy (non-hydrogen) atoms. The molecule has 0 amide bonds. The van der Waals surface area contributed by atoms with Crippen LogP contribution in [0.25, 0.3) is 0 Å². The van der Waals surface area contributed by atoms with Gasteiger partial charge in [-0.1, -0.05) is 25.0 Å². The number of hydrogen-bond donors (Lipinski definition) is 6.